The second-order valence-electron chi connectivity index (χ2n) is 19.9. The zero-order chi connectivity index (χ0) is 41.9. The lowest BCUT2D eigenvalue weighted by Crippen LogP contribution is -2.64. The third kappa shape index (κ3) is 6.01. The summed E-state index contributed by atoms with van der Waals surface area (Å²) in [4.78, 5) is 4.86. The molecular formula is C56H55BN2O. The first kappa shape index (κ1) is 38.2. The Morgan fingerprint density at radius 3 is 1.92 bits per heavy atom. The predicted octanol–water partition coefficient (Wildman–Crippen LogP) is 13.5. The van der Waals surface area contributed by atoms with Crippen molar-refractivity contribution in [1.82, 2.24) is 0 Å². The van der Waals surface area contributed by atoms with E-state index in [1.165, 1.54) is 72.2 Å². The molecule has 4 heteroatoms. The monoisotopic (exact) mass is 782 g/mol. The van der Waals surface area contributed by atoms with Crippen LogP contribution in [0.25, 0.3) is 21.9 Å². The zero-order valence-electron chi connectivity index (χ0n) is 36.9. The maximum absolute atomic E-state index is 6.99. The molecule has 2 aliphatic rings. The quantitative estimate of drug-likeness (QED) is 0.162. The van der Waals surface area contributed by atoms with Gasteiger partial charge in [-0.1, -0.05) is 128 Å². The van der Waals surface area contributed by atoms with Crippen molar-refractivity contribution in [3.05, 3.63) is 173 Å². The molecule has 298 valence electrons. The highest BCUT2D eigenvalue weighted by Gasteiger charge is 2.47. The van der Waals surface area contributed by atoms with Crippen molar-refractivity contribution >= 4 is 79.2 Å². The molecular weight excluding hydrogens is 727 g/mol. The maximum atomic E-state index is 6.99. The Labute approximate surface area is 356 Å². The van der Waals surface area contributed by atoms with Gasteiger partial charge in [0.25, 0.3) is 0 Å². The van der Waals surface area contributed by atoms with Crippen molar-refractivity contribution in [3.8, 4) is 0 Å². The fourth-order valence-corrected chi connectivity index (χ4v) is 10.0. The Bertz CT molecular complexity index is 2960. The van der Waals surface area contributed by atoms with Crippen molar-refractivity contribution in [3.63, 3.8) is 0 Å². The Hall–Kier alpha value is -6.00. The summed E-state index contributed by atoms with van der Waals surface area (Å²) in [6.07, 6.45) is 1.01. The molecule has 0 atom stereocenters. The average Bonchev–Trinajstić information content (AvgIpc) is 3.58. The first-order valence-corrected chi connectivity index (χ1v) is 21.8. The van der Waals surface area contributed by atoms with E-state index in [-0.39, 0.29) is 23.0 Å². The van der Waals surface area contributed by atoms with Crippen LogP contribution in [0.5, 0.6) is 0 Å². The van der Waals surface area contributed by atoms with Gasteiger partial charge in [-0.2, -0.15) is 0 Å². The van der Waals surface area contributed by atoms with Gasteiger partial charge in [-0.15, -0.1) is 0 Å². The van der Waals surface area contributed by atoms with E-state index >= 15 is 0 Å². The summed E-state index contributed by atoms with van der Waals surface area (Å²) in [7, 11) is 0. The topological polar surface area (TPSA) is 19.6 Å². The Kier molecular flexibility index (Phi) is 8.61. The Morgan fingerprint density at radius 2 is 1.23 bits per heavy atom. The molecule has 10 rings (SSSR count). The number of hydrogen-bond acceptors (Lipinski definition) is 3. The van der Waals surface area contributed by atoms with Gasteiger partial charge in [-0.3, -0.25) is 0 Å². The summed E-state index contributed by atoms with van der Waals surface area (Å²) >= 11 is 0. The largest absolute Gasteiger partial charge is 0.456 e. The molecule has 3 heterocycles. The van der Waals surface area contributed by atoms with Gasteiger partial charge in [-0.05, 0) is 141 Å². The molecule has 0 saturated heterocycles. The van der Waals surface area contributed by atoms with Gasteiger partial charge in [0.1, 0.15) is 11.2 Å². The highest BCUT2D eigenvalue weighted by Crippen LogP contribution is 2.46. The predicted molar refractivity (Wildman–Crippen MR) is 258 cm³/mol. The van der Waals surface area contributed by atoms with Gasteiger partial charge >= 0.3 is 0 Å². The zero-order valence-corrected chi connectivity index (χ0v) is 36.9. The molecule has 60 heavy (non-hydrogen) atoms. The highest BCUT2D eigenvalue weighted by atomic mass is 16.3. The number of rotatable bonds is 5. The second kappa shape index (κ2) is 13.5. The number of benzene rings is 7. The molecule has 0 unspecified atom stereocenters. The fourth-order valence-electron chi connectivity index (χ4n) is 10.0. The van der Waals surface area contributed by atoms with Crippen LogP contribution < -0.4 is 26.2 Å². The third-order valence-corrected chi connectivity index (χ3v) is 13.4. The van der Waals surface area contributed by atoms with E-state index in [1.807, 2.05) is 0 Å². The third-order valence-electron chi connectivity index (χ3n) is 13.4. The molecule has 0 fully saturated rings. The van der Waals surface area contributed by atoms with E-state index in [1.54, 1.807) is 0 Å². The van der Waals surface area contributed by atoms with E-state index in [9.17, 15) is 0 Å². The summed E-state index contributed by atoms with van der Waals surface area (Å²) < 4.78 is 6.99. The normalized spacial score (nSPS) is 14.3. The van der Waals surface area contributed by atoms with Crippen LogP contribution in [0.2, 0.25) is 0 Å². The number of para-hydroxylation sites is 1. The lowest BCUT2D eigenvalue weighted by Gasteiger charge is -2.46. The molecule has 8 aromatic rings. The molecule has 2 aliphatic heterocycles. The van der Waals surface area contributed by atoms with Crippen molar-refractivity contribution in [2.75, 3.05) is 9.80 Å². The van der Waals surface area contributed by atoms with E-state index in [4.69, 9.17) is 4.42 Å². The Morgan fingerprint density at radius 1 is 0.583 bits per heavy atom. The smallest absolute Gasteiger partial charge is 0.247 e. The second-order valence-corrected chi connectivity index (χ2v) is 19.9. The summed E-state index contributed by atoms with van der Waals surface area (Å²) in [6, 6.07) is 52.6. The summed E-state index contributed by atoms with van der Waals surface area (Å²) in [5.41, 5.74) is 20.8. The van der Waals surface area contributed by atoms with Crippen molar-refractivity contribution in [1.29, 1.82) is 0 Å². The SMILES string of the molecule is CCc1ccc(N(c2ccccc2)c2ccc3c(c2)oc2cc4c(cc23)C(C)(C)c2cc(C)cc3c2B4c2cc(C(C)(C)C)ccc2N3c2ccc(C(C)(C)C)cc2)cc1. The van der Waals surface area contributed by atoms with Crippen LogP contribution in [0, 0.1) is 6.92 Å². The Balaban J connectivity index is 1.19. The van der Waals surface area contributed by atoms with Crippen LogP contribution in [0.15, 0.2) is 144 Å². The van der Waals surface area contributed by atoms with Crippen molar-refractivity contribution < 1.29 is 4.42 Å². The lowest BCUT2D eigenvalue weighted by atomic mass is 9.30. The number of hydrogen-bond donors (Lipinski definition) is 0. The van der Waals surface area contributed by atoms with Gasteiger partial charge < -0.3 is 14.2 Å². The molecule has 0 radical (unpaired) electrons. The molecule has 0 N–H and O–H groups in total. The first-order valence-electron chi connectivity index (χ1n) is 21.8. The molecule has 3 nitrogen and oxygen atoms in total. The minimum absolute atomic E-state index is 0.00651. The number of nitrogens with zero attached hydrogens (tertiary/aromatic N) is 2. The molecule has 0 saturated carbocycles. The van der Waals surface area contributed by atoms with Crippen LogP contribution in [-0.2, 0) is 22.7 Å². The van der Waals surface area contributed by atoms with Crippen LogP contribution >= 0.6 is 0 Å². The minimum atomic E-state index is -0.255. The van der Waals surface area contributed by atoms with Gasteiger partial charge in [0.2, 0.25) is 6.71 Å². The van der Waals surface area contributed by atoms with E-state index in [0.29, 0.717) is 0 Å². The molecule has 0 spiro atoms. The summed E-state index contributed by atoms with van der Waals surface area (Å²) in [6.45, 7) is 23.2. The van der Waals surface area contributed by atoms with E-state index in [2.05, 4.69) is 219 Å². The van der Waals surface area contributed by atoms with E-state index in [0.717, 1.165) is 40.0 Å². The maximum Gasteiger partial charge on any atom is 0.247 e. The number of furan rings is 1. The van der Waals surface area contributed by atoms with Crippen LogP contribution in [0.3, 0.4) is 0 Å². The van der Waals surface area contributed by atoms with Crippen LogP contribution in [0.4, 0.5) is 34.1 Å². The number of fused-ring (bicyclic) bond motifs is 7. The lowest BCUT2D eigenvalue weighted by molar-refractivity contribution is 0.590. The number of aryl methyl sites for hydroxylation is 2. The molecule has 0 amide bonds. The number of anilines is 6. The van der Waals surface area contributed by atoms with Gasteiger partial charge in [0, 0.05) is 56.4 Å². The van der Waals surface area contributed by atoms with Crippen molar-refractivity contribution in [2.45, 2.75) is 91.9 Å². The van der Waals surface area contributed by atoms with Crippen LogP contribution in [0.1, 0.15) is 95.7 Å². The first-order chi connectivity index (χ1) is 28.6. The standard InChI is InChI=1S/C56H55BN2O/c1-11-36-17-22-40(23-18-36)58(39-15-13-12-14-16-39)42-26-27-43-44-33-45-47(34-52(44)60-51(43)32-42)57-48-31-38(55(6,7)8)21-28-49(48)59(41-24-19-37(20-25-41)54(3,4)5)50-30-35(2)29-46(53(50)57)56(45,9)10/h12-34H,11H2,1-10H3. The van der Waals surface area contributed by atoms with Crippen molar-refractivity contribution in [2.24, 2.45) is 0 Å². The summed E-state index contributed by atoms with van der Waals surface area (Å²) in [5.74, 6) is 0. The molecule has 1 aromatic heterocycles. The molecule has 0 bridgehead atoms. The van der Waals surface area contributed by atoms with E-state index < -0.39 is 0 Å². The van der Waals surface area contributed by atoms with Gasteiger partial charge in [-0.25, -0.2) is 0 Å². The molecule has 0 aliphatic carbocycles. The average molecular weight is 783 g/mol. The minimum Gasteiger partial charge on any atom is -0.456 e. The highest BCUT2D eigenvalue weighted by molar-refractivity contribution is 6.99. The van der Waals surface area contributed by atoms with Crippen LogP contribution in [-0.4, -0.2) is 6.71 Å². The molecule has 7 aromatic carbocycles. The summed E-state index contributed by atoms with van der Waals surface area (Å²) in [5, 5.41) is 2.31. The van der Waals surface area contributed by atoms with Gasteiger partial charge in [0.05, 0.1) is 0 Å². The van der Waals surface area contributed by atoms with Gasteiger partial charge in [0.15, 0.2) is 0 Å². The fraction of sp³-hybridized carbons (Fsp3) is 0.250.